The summed E-state index contributed by atoms with van der Waals surface area (Å²) in [6, 6.07) is -0.438. The number of oxazole rings is 1. The minimum absolute atomic E-state index is 0.0122. The van der Waals surface area contributed by atoms with Crippen molar-refractivity contribution in [1.29, 1.82) is 0 Å². The molecule has 7 heteroatoms. The minimum Gasteiger partial charge on any atom is -0.444 e. The first kappa shape index (κ1) is 22.4. The second kappa shape index (κ2) is 8.86. The van der Waals surface area contributed by atoms with E-state index in [2.05, 4.69) is 15.6 Å². The molecule has 1 heterocycles. The number of aliphatic hydroxyl groups is 1. The molecule has 1 aromatic heterocycles. The van der Waals surface area contributed by atoms with E-state index in [-0.39, 0.29) is 18.1 Å². The van der Waals surface area contributed by atoms with E-state index in [1.165, 1.54) is 0 Å². The van der Waals surface area contributed by atoms with Gasteiger partial charge in [-0.25, -0.2) is 9.78 Å². The van der Waals surface area contributed by atoms with Crippen LogP contribution in [0.2, 0.25) is 0 Å². The standard InChI is InChI=1S/C19H35N3O4/c1-12(2)14(11-23)20-9-13-10-21-16(25-13)15(18(3,4)5)22-17(24)26-19(6,7)8/h10,12,14-15,20,23H,9,11H2,1-8H3,(H,22,24)/t14-,15-/m1/s1. The summed E-state index contributed by atoms with van der Waals surface area (Å²) in [4.78, 5) is 16.5. The van der Waals surface area contributed by atoms with Gasteiger partial charge >= 0.3 is 6.09 Å². The van der Waals surface area contributed by atoms with Gasteiger partial charge in [0, 0.05) is 6.04 Å². The Hall–Kier alpha value is -1.60. The van der Waals surface area contributed by atoms with E-state index in [0.717, 1.165) is 0 Å². The van der Waals surface area contributed by atoms with Gasteiger partial charge in [-0.1, -0.05) is 34.6 Å². The van der Waals surface area contributed by atoms with Crippen LogP contribution >= 0.6 is 0 Å². The third kappa shape index (κ3) is 7.33. The molecule has 3 N–H and O–H groups in total. The quantitative estimate of drug-likeness (QED) is 0.682. The predicted molar refractivity (Wildman–Crippen MR) is 101 cm³/mol. The van der Waals surface area contributed by atoms with Gasteiger partial charge in [-0.05, 0) is 32.1 Å². The second-order valence-corrected chi connectivity index (χ2v) is 9.02. The summed E-state index contributed by atoms with van der Waals surface area (Å²) in [5, 5.41) is 15.5. The third-order valence-corrected chi connectivity index (χ3v) is 3.89. The van der Waals surface area contributed by atoms with E-state index in [1.54, 1.807) is 6.20 Å². The maximum Gasteiger partial charge on any atom is 0.408 e. The van der Waals surface area contributed by atoms with Crippen molar-refractivity contribution in [3.05, 3.63) is 17.8 Å². The highest BCUT2D eigenvalue weighted by molar-refractivity contribution is 5.68. The molecule has 0 bridgehead atoms. The summed E-state index contributed by atoms with van der Waals surface area (Å²) in [6.45, 7) is 16.1. The van der Waals surface area contributed by atoms with Gasteiger partial charge in [-0.15, -0.1) is 0 Å². The summed E-state index contributed by atoms with van der Waals surface area (Å²) in [5.41, 5.74) is -0.883. The van der Waals surface area contributed by atoms with Gasteiger partial charge in [0.25, 0.3) is 0 Å². The maximum absolute atomic E-state index is 12.2. The van der Waals surface area contributed by atoms with Gasteiger partial charge in [0.05, 0.1) is 19.3 Å². The highest BCUT2D eigenvalue weighted by Crippen LogP contribution is 2.32. The smallest absolute Gasteiger partial charge is 0.408 e. The number of nitrogens with zero attached hydrogens (tertiary/aromatic N) is 1. The average Bonchev–Trinajstić information content (AvgIpc) is 2.90. The van der Waals surface area contributed by atoms with E-state index in [4.69, 9.17) is 9.15 Å². The number of amides is 1. The van der Waals surface area contributed by atoms with Gasteiger partial charge < -0.3 is 24.9 Å². The molecule has 0 aromatic carbocycles. The summed E-state index contributed by atoms with van der Waals surface area (Å²) in [5.74, 6) is 1.39. The summed E-state index contributed by atoms with van der Waals surface area (Å²) in [7, 11) is 0. The molecule has 0 aliphatic heterocycles. The molecule has 0 saturated carbocycles. The Morgan fingerprint density at radius 1 is 1.27 bits per heavy atom. The molecule has 7 nitrogen and oxygen atoms in total. The third-order valence-electron chi connectivity index (χ3n) is 3.89. The molecular weight excluding hydrogens is 334 g/mol. The summed E-state index contributed by atoms with van der Waals surface area (Å²) >= 11 is 0. The van der Waals surface area contributed by atoms with Crippen LogP contribution in [-0.2, 0) is 11.3 Å². The van der Waals surface area contributed by atoms with Gasteiger partial charge in [-0.2, -0.15) is 0 Å². The van der Waals surface area contributed by atoms with Gasteiger partial charge in [0.15, 0.2) is 0 Å². The number of ether oxygens (including phenoxy) is 1. The van der Waals surface area contributed by atoms with Crippen LogP contribution in [0.4, 0.5) is 4.79 Å². The number of nitrogens with one attached hydrogen (secondary N) is 2. The zero-order valence-corrected chi connectivity index (χ0v) is 17.3. The van der Waals surface area contributed by atoms with Crippen LogP contribution in [0.25, 0.3) is 0 Å². The monoisotopic (exact) mass is 369 g/mol. The van der Waals surface area contributed by atoms with Gasteiger partial charge in [-0.3, -0.25) is 0 Å². The molecule has 26 heavy (non-hydrogen) atoms. The fraction of sp³-hybridized carbons (Fsp3) is 0.789. The molecule has 0 radical (unpaired) electrons. The van der Waals surface area contributed by atoms with Crippen LogP contribution < -0.4 is 10.6 Å². The first-order chi connectivity index (χ1) is 11.8. The van der Waals surface area contributed by atoms with Crippen molar-refractivity contribution in [3.8, 4) is 0 Å². The summed E-state index contributed by atoms with van der Waals surface area (Å²) in [6.07, 6.45) is 1.14. The first-order valence-electron chi connectivity index (χ1n) is 9.12. The maximum atomic E-state index is 12.2. The molecular formula is C19H35N3O4. The molecule has 0 spiro atoms. The lowest BCUT2D eigenvalue weighted by Crippen LogP contribution is -2.40. The number of aromatic nitrogens is 1. The Morgan fingerprint density at radius 3 is 2.35 bits per heavy atom. The van der Waals surface area contributed by atoms with Crippen LogP contribution in [0.3, 0.4) is 0 Å². The Morgan fingerprint density at radius 2 is 1.88 bits per heavy atom. The van der Waals surface area contributed by atoms with Crippen molar-refractivity contribution in [2.75, 3.05) is 6.61 Å². The highest BCUT2D eigenvalue weighted by Gasteiger charge is 2.33. The number of hydrogen-bond acceptors (Lipinski definition) is 6. The van der Waals surface area contributed by atoms with Crippen LogP contribution in [0.1, 0.15) is 73.1 Å². The van der Waals surface area contributed by atoms with Crippen LogP contribution in [-0.4, -0.2) is 34.4 Å². The molecule has 150 valence electrons. The number of alkyl carbamates (subject to hydrolysis) is 1. The Kier molecular flexibility index (Phi) is 7.65. The van der Waals surface area contributed by atoms with Gasteiger partial charge in [0.1, 0.15) is 17.4 Å². The Labute approximate surface area is 156 Å². The predicted octanol–water partition coefficient (Wildman–Crippen LogP) is 3.39. The molecule has 1 aromatic rings. The van der Waals surface area contributed by atoms with Crippen LogP contribution in [0.15, 0.2) is 10.6 Å². The van der Waals surface area contributed by atoms with Crippen molar-refractivity contribution < 1.29 is 19.1 Å². The topological polar surface area (TPSA) is 96.6 Å². The van der Waals surface area contributed by atoms with E-state index in [0.29, 0.717) is 24.1 Å². The molecule has 2 atom stereocenters. The largest absolute Gasteiger partial charge is 0.444 e. The molecule has 1 rings (SSSR count). The molecule has 0 fully saturated rings. The van der Waals surface area contributed by atoms with Crippen LogP contribution in [0, 0.1) is 11.3 Å². The van der Waals surface area contributed by atoms with Crippen molar-refractivity contribution >= 4 is 6.09 Å². The number of rotatable bonds is 7. The van der Waals surface area contributed by atoms with Crippen molar-refractivity contribution in [3.63, 3.8) is 0 Å². The minimum atomic E-state index is -0.575. The SMILES string of the molecule is CC(C)[C@@H](CO)NCc1cnc([C@@H](NC(=O)OC(C)(C)C)C(C)(C)C)o1. The molecule has 0 aliphatic rings. The first-order valence-corrected chi connectivity index (χ1v) is 9.12. The van der Waals surface area contributed by atoms with E-state index in [1.807, 2.05) is 55.4 Å². The number of carbonyl (C=O) groups excluding carboxylic acids is 1. The zero-order valence-electron chi connectivity index (χ0n) is 17.3. The molecule has 0 saturated heterocycles. The van der Waals surface area contributed by atoms with Crippen molar-refractivity contribution in [2.24, 2.45) is 11.3 Å². The lowest BCUT2D eigenvalue weighted by molar-refractivity contribution is 0.0445. The Balaban J connectivity index is 2.84. The van der Waals surface area contributed by atoms with Crippen molar-refractivity contribution in [1.82, 2.24) is 15.6 Å². The fourth-order valence-electron chi connectivity index (χ4n) is 2.35. The van der Waals surface area contributed by atoms with Crippen molar-refractivity contribution in [2.45, 2.75) is 79.6 Å². The molecule has 1 amide bonds. The number of aliphatic hydroxyl groups excluding tert-OH is 1. The Bertz CT molecular complexity index is 570. The average molecular weight is 370 g/mol. The second-order valence-electron chi connectivity index (χ2n) is 9.02. The fourth-order valence-corrected chi connectivity index (χ4v) is 2.35. The normalized spacial score (nSPS) is 15.0. The summed E-state index contributed by atoms with van der Waals surface area (Å²) < 4.78 is 11.2. The zero-order chi connectivity index (χ0) is 20.1. The highest BCUT2D eigenvalue weighted by atomic mass is 16.6. The van der Waals surface area contributed by atoms with Gasteiger partial charge in [0.2, 0.25) is 5.89 Å². The number of carbonyl (C=O) groups is 1. The van der Waals surface area contributed by atoms with E-state index >= 15 is 0 Å². The van der Waals surface area contributed by atoms with E-state index < -0.39 is 17.7 Å². The van der Waals surface area contributed by atoms with E-state index in [9.17, 15) is 9.90 Å². The molecule has 0 unspecified atom stereocenters. The van der Waals surface area contributed by atoms with Crippen LogP contribution in [0.5, 0.6) is 0 Å². The lowest BCUT2D eigenvalue weighted by atomic mass is 9.87. The molecule has 0 aliphatic carbocycles. The number of hydrogen-bond donors (Lipinski definition) is 3. The lowest BCUT2D eigenvalue weighted by Gasteiger charge is -2.30.